The van der Waals surface area contributed by atoms with Gasteiger partial charge in [-0.1, -0.05) is 66.7 Å². The molecule has 8 nitrogen and oxygen atoms in total. The predicted molar refractivity (Wildman–Crippen MR) is 144 cm³/mol. The van der Waals surface area contributed by atoms with Crippen LogP contribution in [-0.4, -0.2) is 53.2 Å². The predicted octanol–water partition coefficient (Wildman–Crippen LogP) is 3.33. The lowest BCUT2D eigenvalue weighted by Crippen LogP contribution is -2.46. The maximum Gasteiger partial charge on any atom is 0.252 e. The van der Waals surface area contributed by atoms with E-state index in [1.165, 1.54) is 0 Å². The van der Waals surface area contributed by atoms with Crippen molar-refractivity contribution in [2.24, 2.45) is 0 Å². The van der Waals surface area contributed by atoms with E-state index in [0.717, 1.165) is 17.4 Å². The molecule has 0 aliphatic rings. The van der Waals surface area contributed by atoms with E-state index in [2.05, 4.69) is 10.0 Å². The minimum Gasteiger partial charge on any atom is -0.493 e. The number of rotatable bonds is 12. The van der Waals surface area contributed by atoms with E-state index >= 15 is 0 Å². The molecule has 0 unspecified atom stereocenters. The summed E-state index contributed by atoms with van der Waals surface area (Å²) in [5.74, 6) is 0.307. The van der Waals surface area contributed by atoms with Crippen molar-refractivity contribution in [1.29, 1.82) is 0 Å². The van der Waals surface area contributed by atoms with Crippen LogP contribution in [0.1, 0.15) is 27.0 Å². The van der Waals surface area contributed by atoms with E-state index in [-0.39, 0.29) is 6.42 Å². The van der Waals surface area contributed by atoms with E-state index in [9.17, 15) is 18.0 Å². The highest BCUT2D eigenvalue weighted by atomic mass is 32.2. The molecule has 194 valence electrons. The molecule has 0 heterocycles. The summed E-state index contributed by atoms with van der Waals surface area (Å²) in [6, 6.07) is 20.8. The number of hydrogen-bond acceptors (Lipinski definition) is 6. The summed E-state index contributed by atoms with van der Waals surface area (Å²) in [6.45, 7) is -0.419. The Morgan fingerprint density at radius 3 is 2.24 bits per heavy atom. The maximum atomic E-state index is 13.3. The number of sulfonamides is 1. The van der Waals surface area contributed by atoms with Crippen LogP contribution in [-0.2, 0) is 21.2 Å². The van der Waals surface area contributed by atoms with Crippen LogP contribution in [0.5, 0.6) is 11.5 Å². The number of carbonyl (C=O) groups excluding carboxylic acids is 2. The van der Waals surface area contributed by atoms with E-state index in [1.807, 2.05) is 54.6 Å². The average Bonchev–Trinajstić information content (AvgIpc) is 2.90. The van der Waals surface area contributed by atoms with Gasteiger partial charge in [0, 0.05) is 5.56 Å². The van der Waals surface area contributed by atoms with Gasteiger partial charge in [-0.3, -0.25) is 9.59 Å². The Morgan fingerprint density at radius 2 is 1.57 bits per heavy atom. The van der Waals surface area contributed by atoms with Gasteiger partial charge < -0.3 is 14.8 Å². The quantitative estimate of drug-likeness (QED) is 0.353. The molecule has 0 aliphatic carbocycles. The molecule has 0 saturated carbocycles. The van der Waals surface area contributed by atoms with Crippen LogP contribution >= 0.6 is 0 Å². The van der Waals surface area contributed by atoms with Crippen LogP contribution in [0.15, 0.2) is 72.8 Å². The number of benzene rings is 3. The lowest BCUT2D eigenvalue weighted by atomic mass is 10.0. The van der Waals surface area contributed by atoms with Crippen molar-refractivity contribution in [1.82, 2.24) is 10.0 Å². The molecule has 0 fully saturated rings. The van der Waals surface area contributed by atoms with Gasteiger partial charge in [0.15, 0.2) is 17.3 Å². The molecule has 0 radical (unpaired) electrons. The standard InChI is InChI=1S/C28H30N2O6S/c1-35-26-16-14-21(18-27(26)36-2)13-15-22-11-7-8-12-23(22)28(32)30-24(17-20-9-5-4-6-10-20)25(31)19-29-37(3,33)34/h4-16,18,24,29H,17,19H2,1-3H3,(H,30,32)/t24-/m0/s1. The molecule has 3 rings (SSSR count). The van der Waals surface area contributed by atoms with Gasteiger partial charge in [0.1, 0.15) is 0 Å². The van der Waals surface area contributed by atoms with Gasteiger partial charge in [-0.15, -0.1) is 0 Å². The second-order valence-electron chi connectivity index (χ2n) is 8.31. The normalized spacial score (nSPS) is 12.2. The second-order valence-corrected chi connectivity index (χ2v) is 10.1. The maximum absolute atomic E-state index is 13.3. The Labute approximate surface area is 217 Å². The Morgan fingerprint density at radius 1 is 0.892 bits per heavy atom. The third-order valence-corrected chi connectivity index (χ3v) is 6.22. The summed E-state index contributed by atoms with van der Waals surface area (Å²) in [7, 11) is -0.442. The molecule has 1 amide bonds. The largest absolute Gasteiger partial charge is 0.493 e. The zero-order valence-electron chi connectivity index (χ0n) is 20.9. The van der Waals surface area contributed by atoms with Gasteiger partial charge in [0.25, 0.3) is 5.91 Å². The Balaban J connectivity index is 1.83. The Kier molecular flexibility index (Phi) is 9.59. The van der Waals surface area contributed by atoms with Gasteiger partial charge >= 0.3 is 0 Å². The minimum atomic E-state index is -3.57. The first-order chi connectivity index (χ1) is 17.7. The number of amides is 1. The number of ketones is 1. The summed E-state index contributed by atoms with van der Waals surface area (Å²) in [5.41, 5.74) is 2.70. The van der Waals surface area contributed by atoms with Crippen LogP contribution in [0, 0.1) is 0 Å². The molecule has 37 heavy (non-hydrogen) atoms. The molecule has 3 aromatic rings. The first-order valence-electron chi connectivity index (χ1n) is 11.5. The van der Waals surface area contributed by atoms with Crippen LogP contribution in [0.4, 0.5) is 0 Å². The van der Waals surface area contributed by atoms with E-state index in [0.29, 0.717) is 22.6 Å². The van der Waals surface area contributed by atoms with Crippen molar-refractivity contribution in [2.75, 3.05) is 27.0 Å². The molecule has 3 aromatic carbocycles. The SMILES string of the molecule is COc1ccc(C=Cc2ccccc2C(=O)N[C@@H](Cc2ccccc2)C(=O)CNS(C)(=O)=O)cc1OC. The second kappa shape index (κ2) is 12.8. The first-order valence-corrected chi connectivity index (χ1v) is 13.4. The van der Waals surface area contributed by atoms with Crippen molar-refractivity contribution < 1.29 is 27.5 Å². The van der Waals surface area contributed by atoms with Gasteiger partial charge in [-0.2, -0.15) is 0 Å². The number of ether oxygens (including phenoxy) is 2. The van der Waals surface area contributed by atoms with Gasteiger partial charge in [-0.05, 0) is 41.3 Å². The summed E-state index contributed by atoms with van der Waals surface area (Å²) in [4.78, 5) is 26.2. The molecule has 2 N–H and O–H groups in total. The van der Waals surface area contributed by atoms with Gasteiger partial charge in [0.2, 0.25) is 10.0 Å². The summed E-state index contributed by atoms with van der Waals surface area (Å²) >= 11 is 0. The fraction of sp³-hybridized carbons (Fsp3) is 0.214. The number of hydrogen-bond donors (Lipinski definition) is 2. The smallest absolute Gasteiger partial charge is 0.252 e. The molecule has 0 saturated heterocycles. The highest BCUT2D eigenvalue weighted by Crippen LogP contribution is 2.28. The third kappa shape index (κ3) is 8.30. The van der Waals surface area contributed by atoms with E-state index in [4.69, 9.17) is 9.47 Å². The lowest BCUT2D eigenvalue weighted by Gasteiger charge is -2.19. The Bertz CT molecular complexity index is 1370. The Hall–Kier alpha value is -3.95. The van der Waals surface area contributed by atoms with Crippen LogP contribution in [0.2, 0.25) is 0 Å². The topological polar surface area (TPSA) is 111 Å². The molecule has 1 atom stereocenters. The van der Waals surface area contributed by atoms with Gasteiger partial charge in [-0.25, -0.2) is 13.1 Å². The van der Waals surface area contributed by atoms with E-state index < -0.39 is 34.3 Å². The molecule has 0 aliphatic heterocycles. The summed E-state index contributed by atoms with van der Waals surface area (Å²) in [5, 5.41) is 2.80. The molecule has 9 heteroatoms. The van der Waals surface area contributed by atoms with Crippen molar-refractivity contribution in [3.63, 3.8) is 0 Å². The zero-order valence-corrected chi connectivity index (χ0v) is 21.7. The fourth-order valence-corrected chi connectivity index (χ4v) is 4.05. The van der Waals surface area contributed by atoms with E-state index in [1.54, 1.807) is 44.6 Å². The molecule has 0 spiro atoms. The highest BCUT2D eigenvalue weighted by Gasteiger charge is 2.23. The number of methoxy groups -OCH3 is 2. The molecule has 0 aromatic heterocycles. The first kappa shape index (κ1) is 27.6. The monoisotopic (exact) mass is 522 g/mol. The minimum absolute atomic E-state index is 0.223. The van der Waals surface area contributed by atoms with Crippen molar-refractivity contribution in [2.45, 2.75) is 12.5 Å². The molecular weight excluding hydrogens is 492 g/mol. The molecular formula is C28H30N2O6S. The summed E-state index contributed by atoms with van der Waals surface area (Å²) < 4.78 is 35.8. The van der Waals surface area contributed by atoms with Crippen LogP contribution in [0.25, 0.3) is 12.2 Å². The zero-order chi connectivity index (χ0) is 26.8. The van der Waals surface area contributed by atoms with Crippen molar-refractivity contribution in [3.8, 4) is 11.5 Å². The summed E-state index contributed by atoms with van der Waals surface area (Å²) in [6.07, 6.45) is 4.85. The third-order valence-electron chi connectivity index (χ3n) is 5.55. The number of Topliss-reactive ketones (excluding diaryl/α,β-unsaturated/α-hetero) is 1. The number of nitrogens with one attached hydrogen (secondary N) is 2. The fourth-order valence-electron chi connectivity index (χ4n) is 3.65. The average molecular weight is 523 g/mol. The molecule has 0 bridgehead atoms. The van der Waals surface area contributed by atoms with Crippen LogP contribution in [0.3, 0.4) is 0 Å². The highest BCUT2D eigenvalue weighted by molar-refractivity contribution is 7.88. The van der Waals surface area contributed by atoms with Crippen molar-refractivity contribution in [3.05, 3.63) is 95.1 Å². The van der Waals surface area contributed by atoms with Gasteiger partial charge in [0.05, 0.1) is 33.1 Å². The number of carbonyl (C=O) groups is 2. The lowest BCUT2D eigenvalue weighted by molar-refractivity contribution is -0.119. The van der Waals surface area contributed by atoms with Crippen molar-refractivity contribution >= 4 is 33.9 Å². The van der Waals surface area contributed by atoms with Crippen LogP contribution < -0.4 is 19.5 Å².